The van der Waals surface area contributed by atoms with Crippen molar-refractivity contribution >= 4 is 11.6 Å². The van der Waals surface area contributed by atoms with E-state index < -0.39 is 0 Å². The molecule has 0 radical (unpaired) electrons. The van der Waals surface area contributed by atoms with Gasteiger partial charge in [0, 0.05) is 17.1 Å². The second kappa shape index (κ2) is 5.21. The molecule has 2 aromatic rings. The monoisotopic (exact) mass is 247 g/mol. The minimum atomic E-state index is 0.405. The molecule has 0 heterocycles. The van der Waals surface area contributed by atoms with Crippen molar-refractivity contribution < 1.29 is 4.74 Å². The van der Waals surface area contributed by atoms with Crippen LogP contribution in [-0.4, -0.2) is 0 Å². The van der Waals surface area contributed by atoms with Gasteiger partial charge in [-0.15, -0.1) is 0 Å². The molecule has 0 aliphatic rings. The lowest BCUT2D eigenvalue weighted by Gasteiger charge is -2.10. The van der Waals surface area contributed by atoms with Crippen LogP contribution in [0.5, 0.6) is 11.5 Å². The van der Waals surface area contributed by atoms with Gasteiger partial charge in [-0.05, 0) is 37.3 Å². The van der Waals surface area contributed by atoms with E-state index in [2.05, 4.69) is 0 Å². The van der Waals surface area contributed by atoms with Gasteiger partial charge in [-0.3, -0.25) is 0 Å². The lowest BCUT2D eigenvalue weighted by atomic mass is 10.2. The number of halogens is 1. The molecule has 0 aromatic heterocycles. The molecule has 0 fully saturated rings. The molecule has 0 spiro atoms. The standard InChI is InChI=1S/C14H14ClNO/c1-10-2-5-13(6-3-10)17-14-7-4-12(15)8-11(14)9-16/h2-8H,9,16H2,1H3. The SMILES string of the molecule is Cc1ccc(Oc2ccc(Cl)cc2CN)cc1. The molecule has 0 saturated heterocycles. The van der Waals surface area contributed by atoms with Crippen molar-refractivity contribution in [2.24, 2.45) is 5.73 Å². The Hall–Kier alpha value is -1.51. The van der Waals surface area contributed by atoms with Crippen LogP contribution in [0.4, 0.5) is 0 Å². The number of ether oxygens (including phenoxy) is 1. The molecule has 0 aliphatic carbocycles. The minimum absolute atomic E-state index is 0.405. The summed E-state index contributed by atoms with van der Waals surface area (Å²) < 4.78 is 5.77. The van der Waals surface area contributed by atoms with E-state index in [4.69, 9.17) is 22.1 Å². The maximum atomic E-state index is 5.91. The zero-order chi connectivity index (χ0) is 12.3. The molecule has 0 aliphatic heterocycles. The first-order valence-corrected chi connectivity index (χ1v) is 5.80. The van der Waals surface area contributed by atoms with Crippen molar-refractivity contribution in [3.05, 3.63) is 58.6 Å². The maximum absolute atomic E-state index is 5.91. The van der Waals surface area contributed by atoms with Crippen molar-refractivity contribution in [2.75, 3.05) is 0 Å². The lowest BCUT2D eigenvalue weighted by Crippen LogP contribution is -1.99. The number of nitrogens with two attached hydrogens (primary N) is 1. The summed E-state index contributed by atoms with van der Waals surface area (Å²) in [4.78, 5) is 0. The first-order chi connectivity index (χ1) is 8.19. The molecule has 0 atom stereocenters. The second-order valence-electron chi connectivity index (χ2n) is 3.87. The normalized spacial score (nSPS) is 10.3. The molecule has 2 rings (SSSR count). The fourth-order valence-corrected chi connectivity index (χ4v) is 1.74. The largest absolute Gasteiger partial charge is 0.457 e. The van der Waals surface area contributed by atoms with E-state index in [0.29, 0.717) is 11.6 Å². The van der Waals surface area contributed by atoms with Crippen LogP contribution < -0.4 is 10.5 Å². The molecule has 2 N–H and O–H groups in total. The smallest absolute Gasteiger partial charge is 0.132 e. The van der Waals surface area contributed by atoms with Gasteiger partial charge in [0.05, 0.1) is 0 Å². The van der Waals surface area contributed by atoms with Crippen LogP contribution in [0, 0.1) is 6.92 Å². The maximum Gasteiger partial charge on any atom is 0.132 e. The molecule has 0 unspecified atom stereocenters. The summed E-state index contributed by atoms with van der Waals surface area (Å²) in [6.45, 7) is 2.44. The Morgan fingerprint density at radius 3 is 2.47 bits per heavy atom. The Morgan fingerprint density at radius 2 is 1.82 bits per heavy atom. The quantitative estimate of drug-likeness (QED) is 0.893. The van der Waals surface area contributed by atoms with Crippen molar-refractivity contribution in [3.8, 4) is 11.5 Å². The number of aryl methyl sites for hydroxylation is 1. The third-order valence-corrected chi connectivity index (χ3v) is 2.73. The number of hydrogen-bond donors (Lipinski definition) is 1. The summed E-state index contributed by atoms with van der Waals surface area (Å²) in [5.41, 5.74) is 7.76. The summed E-state index contributed by atoms with van der Waals surface area (Å²) >= 11 is 5.91. The Kier molecular flexibility index (Phi) is 3.67. The van der Waals surface area contributed by atoms with Crippen LogP contribution in [0.15, 0.2) is 42.5 Å². The highest BCUT2D eigenvalue weighted by atomic mass is 35.5. The summed E-state index contributed by atoms with van der Waals surface area (Å²) in [6.07, 6.45) is 0. The molecular formula is C14H14ClNO. The summed E-state index contributed by atoms with van der Waals surface area (Å²) in [7, 11) is 0. The molecule has 3 heteroatoms. The average molecular weight is 248 g/mol. The molecule has 2 aromatic carbocycles. The Labute approximate surface area is 106 Å². The van der Waals surface area contributed by atoms with Gasteiger partial charge in [0.1, 0.15) is 11.5 Å². The van der Waals surface area contributed by atoms with Gasteiger partial charge in [0.15, 0.2) is 0 Å². The van der Waals surface area contributed by atoms with E-state index >= 15 is 0 Å². The number of benzene rings is 2. The average Bonchev–Trinajstić information content (AvgIpc) is 2.34. The van der Waals surface area contributed by atoms with E-state index in [-0.39, 0.29) is 0 Å². The predicted octanol–water partition coefficient (Wildman–Crippen LogP) is 3.90. The molecule has 0 amide bonds. The summed E-state index contributed by atoms with van der Waals surface area (Å²) in [5.74, 6) is 1.55. The van der Waals surface area contributed by atoms with Crippen molar-refractivity contribution in [2.45, 2.75) is 13.5 Å². The van der Waals surface area contributed by atoms with Crippen molar-refractivity contribution in [1.82, 2.24) is 0 Å². The molecular weight excluding hydrogens is 234 g/mol. The van der Waals surface area contributed by atoms with E-state index in [1.54, 1.807) is 6.07 Å². The van der Waals surface area contributed by atoms with E-state index in [1.165, 1.54) is 5.56 Å². The second-order valence-corrected chi connectivity index (χ2v) is 4.31. The third-order valence-electron chi connectivity index (χ3n) is 2.49. The van der Waals surface area contributed by atoms with Gasteiger partial charge in [0.25, 0.3) is 0 Å². The predicted molar refractivity (Wildman–Crippen MR) is 70.6 cm³/mol. The Bertz CT molecular complexity index is 508. The molecule has 0 bridgehead atoms. The fourth-order valence-electron chi connectivity index (χ4n) is 1.54. The van der Waals surface area contributed by atoms with Crippen LogP contribution in [0.3, 0.4) is 0 Å². The minimum Gasteiger partial charge on any atom is -0.457 e. The van der Waals surface area contributed by atoms with Crippen LogP contribution >= 0.6 is 11.6 Å². The fraction of sp³-hybridized carbons (Fsp3) is 0.143. The molecule has 17 heavy (non-hydrogen) atoms. The van der Waals surface area contributed by atoms with Crippen LogP contribution in [-0.2, 0) is 6.54 Å². The van der Waals surface area contributed by atoms with Gasteiger partial charge in [-0.25, -0.2) is 0 Å². The van der Waals surface area contributed by atoms with Crippen LogP contribution in [0.25, 0.3) is 0 Å². The van der Waals surface area contributed by atoms with E-state index in [0.717, 1.165) is 17.1 Å². The highest BCUT2D eigenvalue weighted by molar-refractivity contribution is 6.30. The summed E-state index contributed by atoms with van der Waals surface area (Å²) in [6, 6.07) is 13.3. The zero-order valence-electron chi connectivity index (χ0n) is 9.61. The molecule has 0 saturated carbocycles. The lowest BCUT2D eigenvalue weighted by molar-refractivity contribution is 0.476. The highest BCUT2D eigenvalue weighted by Gasteiger charge is 2.04. The molecule has 88 valence electrons. The number of hydrogen-bond acceptors (Lipinski definition) is 2. The number of rotatable bonds is 3. The van der Waals surface area contributed by atoms with Gasteiger partial charge in [-0.2, -0.15) is 0 Å². The summed E-state index contributed by atoms with van der Waals surface area (Å²) in [5, 5.41) is 0.668. The zero-order valence-corrected chi connectivity index (χ0v) is 10.4. The highest BCUT2D eigenvalue weighted by Crippen LogP contribution is 2.27. The van der Waals surface area contributed by atoms with Gasteiger partial charge in [-0.1, -0.05) is 29.3 Å². The van der Waals surface area contributed by atoms with Gasteiger partial charge in [0.2, 0.25) is 0 Å². The Morgan fingerprint density at radius 1 is 1.12 bits per heavy atom. The van der Waals surface area contributed by atoms with Crippen LogP contribution in [0.1, 0.15) is 11.1 Å². The van der Waals surface area contributed by atoms with Crippen LogP contribution in [0.2, 0.25) is 5.02 Å². The first-order valence-electron chi connectivity index (χ1n) is 5.42. The topological polar surface area (TPSA) is 35.2 Å². The van der Waals surface area contributed by atoms with Gasteiger partial charge < -0.3 is 10.5 Å². The Balaban J connectivity index is 2.26. The van der Waals surface area contributed by atoms with Gasteiger partial charge >= 0.3 is 0 Å². The first kappa shape index (κ1) is 12.0. The molecule has 2 nitrogen and oxygen atoms in total. The van der Waals surface area contributed by atoms with Crippen molar-refractivity contribution in [3.63, 3.8) is 0 Å². The third kappa shape index (κ3) is 2.99. The van der Waals surface area contributed by atoms with E-state index in [1.807, 2.05) is 43.3 Å². The van der Waals surface area contributed by atoms with Crippen molar-refractivity contribution in [1.29, 1.82) is 0 Å². The van der Waals surface area contributed by atoms with E-state index in [9.17, 15) is 0 Å².